The predicted octanol–water partition coefficient (Wildman–Crippen LogP) is 3.78. The van der Waals surface area contributed by atoms with Crippen LogP contribution in [0.3, 0.4) is 0 Å². The van der Waals surface area contributed by atoms with Crippen LogP contribution >= 0.6 is 0 Å². The molecule has 3 rings (SSSR count). The number of rotatable bonds is 2. The maximum Gasteiger partial charge on any atom is 0.259 e. The Kier molecular flexibility index (Phi) is 3.17. The van der Waals surface area contributed by atoms with Crippen molar-refractivity contribution in [2.75, 3.05) is 0 Å². The molecule has 0 aliphatic carbocycles. The minimum Gasteiger partial charge on any atom is -0.269 e. The molecule has 0 amide bonds. The summed E-state index contributed by atoms with van der Waals surface area (Å²) in [6, 6.07) is 17.4. The van der Waals surface area contributed by atoms with Crippen molar-refractivity contribution in [3.05, 3.63) is 72.1 Å². The maximum atomic E-state index is 12.5. The summed E-state index contributed by atoms with van der Waals surface area (Å²) in [6.45, 7) is 1.82. The highest BCUT2D eigenvalue weighted by Gasteiger charge is 2.11. The summed E-state index contributed by atoms with van der Waals surface area (Å²) in [5, 5.41) is 0. The molecule has 3 nitrogen and oxygen atoms in total. The highest BCUT2D eigenvalue weighted by molar-refractivity contribution is 6.03. The smallest absolute Gasteiger partial charge is 0.259 e. The molecule has 1 heterocycles. The van der Waals surface area contributed by atoms with E-state index in [2.05, 4.69) is 4.98 Å². The second kappa shape index (κ2) is 5.13. The van der Waals surface area contributed by atoms with Crippen LogP contribution in [0.5, 0.6) is 0 Å². The number of carbonyl (C=O) groups is 1. The third kappa shape index (κ3) is 2.26. The zero-order valence-electron chi connectivity index (χ0n) is 11.2. The number of para-hydroxylation sites is 2. The van der Waals surface area contributed by atoms with Gasteiger partial charge in [0.05, 0.1) is 11.0 Å². The van der Waals surface area contributed by atoms with Gasteiger partial charge in [-0.15, -0.1) is 0 Å². The summed E-state index contributed by atoms with van der Waals surface area (Å²) in [5.41, 5.74) is 3.36. The molecule has 0 unspecified atom stereocenters. The van der Waals surface area contributed by atoms with Crippen LogP contribution in [0.25, 0.3) is 17.1 Å². The van der Waals surface area contributed by atoms with E-state index < -0.39 is 0 Å². The SMILES string of the molecule is CC(=Cc1ccccc1)C(=O)n1cnc2ccccc21. The Bertz CT molecular complexity index is 785. The highest BCUT2D eigenvalue weighted by Crippen LogP contribution is 2.15. The Balaban J connectivity index is 1.98. The topological polar surface area (TPSA) is 34.9 Å². The van der Waals surface area contributed by atoms with Gasteiger partial charge in [0, 0.05) is 5.57 Å². The van der Waals surface area contributed by atoms with Gasteiger partial charge in [-0.05, 0) is 30.7 Å². The van der Waals surface area contributed by atoms with Crippen molar-refractivity contribution in [2.45, 2.75) is 6.92 Å². The number of fused-ring (bicyclic) bond motifs is 1. The molecule has 0 bridgehead atoms. The molecule has 2 aromatic carbocycles. The second-order valence-electron chi connectivity index (χ2n) is 4.65. The largest absolute Gasteiger partial charge is 0.269 e. The Morgan fingerprint density at radius 2 is 1.75 bits per heavy atom. The monoisotopic (exact) mass is 262 g/mol. The summed E-state index contributed by atoms with van der Waals surface area (Å²) in [6.07, 6.45) is 3.46. The van der Waals surface area contributed by atoms with Gasteiger partial charge in [-0.1, -0.05) is 42.5 Å². The van der Waals surface area contributed by atoms with Gasteiger partial charge < -0.3 is 0 Å². The number of benzene rings is 2. The number of hydrogen-bond donors (Lipinski definition) is 0. The van der Waals surface area contributed by atoms with Crippen LogP contribution in [0, 0.1) is 0 Å². The van der Waals surface area contributed by atoms with E-state index in [4.69, 9.17) is 0 Å². The molecular formula is C17H14N2O. The maximum absolute atomic E-state index is 12.5. The average molecular weight is 262 g/mol. The number of imidazole rings is 1. The number of carbonyl (C=O) groups excluding carboxylic acids is 1. The molecular weight excluding hydrogens is 248 g/mol. The van der Waals surface area contributed by atoms with Crippen LogP contribution in [0.15, 0.2) is 66.5 Å². The molecule has 0 fully saturated rings. The summed E-state index contributed by atoms with van der Waals surface area (Å²) in [4.78, 5) is 16.7. The van der Waals surface area contributed by atoms with Gasteiger partial charge in [-0.2, -0.15) is 0 Å². The Morgan fingerprint density at radius 1 is 1.05 bits per heavy atom. The minimum atomic E-state index is -0.0532. The van der Waals surface area contributed by atoms with Crippen LogP contribution in [0.2, 0.25) is 0 Å². The zero-order valence-corrected chi connectivity index (χ0v) is 11.2. The van der Waals surface area contributed by atoms with Gasteiger partial charge in [0.1, 0.15) is 6.33 Å². The van der Waals surface area contributed by atoms with Crippen molar-refractivity contribution in [2.24, 2.45) is 0 Å². The van der Waals surface area contributed by atoms with Crippen LogP contribution in [0.4, 0.5) is 0 Å². The minimum absolute atomic E-state index is 0.0532. The molecule has 0 radical (unpaired) electrons. The fraction of sp³-hybridized carbons (Fsp3) is 0.0588. The molecule has 0 saturated heterocycles. The first-order valence-electron chi connectivity index (χ1n) is 6.46. The fourth-order valence-corrected chi connectivity index (χ4v) is 2.17. The molecule has 0 aliphatic rings. The van der Waals surface area contributed by atoms with Crippen molar-refractivity contribution in [3.63, 3.8) is 0 Å². The van der Waals surface area contributed by atoms with E-state index in [1.807, 2.05) is 67.6 Å². The quantitative estimate of drug-likeness (QED) is 0.659. The zero-order chi connectivity index (χ0) is 13.9. The number of allylic oxidation sites excluding steroid dienone is 1. The molecule has 98 valence electrons. The first kappa shape index (κ1) is 12.4. The summed E-state index contributed by atoms with van der Waals surface area (Å²) >= 11 is 0. The highest BCUT2D eigenvalue weighted by atomic mass is 16.2. The van der Waals surface area contributed by atoms with Crippen LogP contribution in [-0.2, 0) is 0 Å². The van der Waals surface area contributed by atoms with E-state index in [0.717, 1.165) is 16.6 Å². The fourth-order valence-electron chi connectivity index (χ4n) is 2.17. The Morgan fingerprint density at radius 3 is 2.55 bits per heavy atom. The van der Waals surface area contributed by atoms with E-state index >= 15 is 0 Å². The van der Waals surface area contributed by atoms with Crippen LogP contribution < -0.4 is 0 Å². The first-order chi connectivity index (χ1) is 9.75. The van der Waals surface area contributed by atoms with Gasteiger partial charge >= 0.3 is 0 Å². The van der Waals surface area contributed by atoms with Gasteiger partial charge in [-0.25, -0.2) is 4.98 Å². The van der Waals surface area contributed by atoms with Crippen molar-refractivity contribution >= 4 is 23.0 Å². The first-order valence-corrected chi connectivity index (χ1v) is 6.46. The lowest BCUT2D eigenvalue weighted by molar-refractivity contribution is 0.0961. The third-order valence-electron chi connectivity index (χ3n) is 3.19. The van der Waals surface area contributed by atoms with E-state index in [-0.39, 0.29) is 5.91 Å². The molecule has 3 aromatic rings. The summed E-state index contributed by atoms with van der Waals surface area (Å²) in [7, 11) is 0. The Labute approximate surface area is 117 Å². The van der Waals surface area contributed by atoms with Gasteiger partial charge in [0.15, 0.2) is 0 Å². The van der Waals surface area contributed by atoms with Crippen molar-refractivity contribution < 1.29 is 4.79 Å². The third-order valence-corrected chi connectivity index (χ3v) is 3.19. The average Bonchev–Trinajstić information content (AvgIpc) is 2.91. The van der Waals surface area contributed by atoms with E-state index in [1.165, 1.54) is 0 Å². The number of hydrogen-bond acceptors (Lipinski definition) is 2. The summed E-state index contributed by atoms with van der Waals surface area (Å²) < 4.78 is 1.59. The molecule has 0 atom stereocenters. The molecule has 0 saturated carbocycles. The van der Waals surface area contributed by atoms with Gasteiger partial charge in [0.2, 0.25) is 0 Å². The lowest BCUT2D eigenvalue weighted by Gasteiger charge is -2.03. The predicted molar refractivity (Wildman–Crippen MR) is 80.5 cm³/mol. The lowest BCUT2D eigenvalue weighted by Crippen LogP contribution is -2.10. The van der Waals surface area contributed by atoms with Gasteiger partial charge in [0.25, 0.3) is 5.91 Å². The van der Waals surface area contributed by atoms with Crippen LogP contribution in [-0.4, -0.2) is 15.5 Å². The van der Waals surface area contributed by atoms with Crippen LogP contribution in [0.1, 0.15) is 17.3 Å². The molecule has 1 aromatic heterocycles. The standard InChI is InChI=1S/C17H14N2O/c1-13(11-14-7-3-2-4-8-14)17(20)19-12-18-15-9-5-6-10-16(15)19/h2-12H,1H3. The van der Waals surface area contributed by atoms with Crippen molar-refractivity contribution in [1.82, 2.24) is 9.55 Å². The second-order valence-corrected chi connectivity index (χ2v) is 4.65. The van der Waals surface area contributed by atoms with E-state index in [1.54, 1.807) is 10.9 Å². The van der Waals surface area contributed by atoms with Crippen molar-refractivity contribution in [1.29, 1.82) is 0 Å². The number of nitrogens with zero attached hydrogens (tertiary/aromatic N) is 2. The van der Waals surface area contributed by atoms with Crippen molar-refractivity contribution in [3.8, 4) is 0 Å². The van der Waals surface area contributed by atoms with E-state index in [0.29, 0.717) is 5.57 Å². The molecule has 3 heteroatoms. The molecule has 0 aliphatic heterocycles. The summed E-state index contributed by atoms with van der Waals surface area (Å²) in [5.74, 6) is -0.0532. The molecule has 0 N–H and O–H groups in total. The normalized spacial score (nSPS) is 11.8. The Hall–Kier alpha value is -2.68. The molecule has 20 heavy (non-hydrogen) atoms. The lowest BCUT2D eigenvalue weighted by atomic mass is 10.1. The molecule has 0 spiro atoms. The van der Waals surface area contributed by atoms with E-state index in [9.17, 15) is 4.79 Å². The number of aromatic nitrogens is 2. The van der Waals surface area contributed by atoms with Gasteiger partial charge in [-0.3, -0.25) is 9.36 Å².